The van der Waals surface area contributed by atoms with Gasteiger partial charge < -0.3 is 9.67 Å². The zero-order valence-corrected chi connectivity index (χ0v) is 13.8. The molecule has 0 fully saturated rings. The third-order valence-corrected chi connectivity index (χ3v) is 5.31. The number of pyridine rings is 1. The van der Waals surface area contributed by atoms with E-state index in [1.807, 2.05) is 0 Å². The monoisotopic (exact) mass is 409 g/mol. The maximum Gasteiger partial charge on any atom is 0.323 e. The molecule has 4 nitrogen and oxygen atoms in total. The van der Waals surface area contributed by atoms with Gasteiger partial charge in [-0.15, -0.1) is 0 Å². The fourth-order valence-electron chi connectivity index (χ4n) is 2.45. The minimum absolute atomic E-state index is 0.101. The molecule has 1 heterocycles. The van der Waals surface area contributed by atoms with E-state index in [0.29, 0.717) is 26.3 Å². The number of hydrogen-bond donors (Lipinski definition) is 1. The quantitative estimate of drug-likeness (QED) is 0.654. The first-order chi connectivity index (χ1) is 10.0. The summed E-state index contributed by atoms with van der Waals surface area (Å²) in [5.41, 5.74) is 1.09. The van der Waals surface area contributed by atoms with Gasteiger partial charge >= 0.3 is 5.97 Å². The first-order valence-electron chi connectivity index (χ1n) is 6.11. The third kappa shape index (κ3) is 2.28. The molecule has 0 saturated heterocycles. The van der Waals surface area contributed by atoms with Crippen molar-refractivity contribution in [3.05, 3.63) is 55.6 Å². The number of nitrogens with zero attached hydrogens (tertiary/aromatic N) is 1. The van der Waals surface area contributed by atoms with Gasteiger partial charge in [0.15, 0.2) is 5.43 Å². The lowest BCUT2D eigenvalue weighted by atomic mass is 10.1. The molecule has 0 aliphatic rings. The minimum atomic E-state index is -0.961. The Bertz CT molecular complexity index is 947. The molecule has 0 saturated carbocycles. The number of hydrogen-bond acceptors (Lipinski definition) is 2. The fourth-order valence-corrected chi connectivity index (χ4v) is 3.33. The zero-order chi connectivity index (χ0) is 15.1. The first-order valence-corrected chi connectivity index (χ1v) is 7.70. The summed E-state index contributed by atoms with van der Waals surface area (Å²) in [5.74, 6) is -0.961. The van der Waals surface area contributed by atoms with Crippen LogP contribution in [0.25, 0.3) is 21.8 Å². The molecular weight excluding hydrogens is 402 g/mol. The lowest BCUT2D eigenvalue weighted by molar-refractivity contribution is -0.137. The SMILES string of the molecule is O=C(O)Cn1c2ccccc2c(=O)c2ccc(Br)c(Br)c21. The summed E-state index contributed by atoms with van der Waals surface area (Å²) in [6.07, 6.45) is 0. The maximum absolute atomic E-state index is 12.6. The number of carboxylic acids is 1. The molecule has 0 atom stereocenters. The molecule has 0 radical (unpaired) electrons. The first kappa shape index (κ1) is 14.3. The van der Waals surface area contributed by atoms with Crippen molar-refractivity contribution in [2.24, 2.45) is 0 Å². The Hall–Kier alpha value is -1.66. The summed E-state index contributed by atoms with van der Waals surface area (Å²) in [4.78, 5) is 23.8. The van der Waals surface area contributed by atoms with Crippen LogP contribution in [0.1, 0.15) is 0 Å². The van der Waals surface area contributed by atoms with Gasteiger partial charge in [-0.2, -0.15) is 0 Å². The average Bonchev–Trinajstić information content (AvgIpc) is 2.46. The van der Waals surface area contributed by atoms with Crippen LogP contribution in [0.3, 0.4) is 0 Å². The molecule has 106 valence electrons. The van der Waals surface area contributed by atoms with E-state index < -0.39 is 5.97 Å². The number of carbonyl (C=O) groups is 1. The number of benzene rings is 2. The molecule has 0 amide bonds. The molecule has 0 spiro atoms. The van der Waals surface area contributed by atoms with Crippen LogP contribution in [0.5, 0.6) is 0 Å². The molecule has 1 N–H and O–H groups in total. The highest BCUT2D eigenvalue weighted by Crippen LogP contribution is 2.32. The number of rotatable bonds is 2. The van der Waals surface area contributed by atoms with Crippen LogP contribution in [0, 0.1) is 0 Å². The van der Waals surface area contributed by atoms with Gasteiger partial charge in [0.25, 0.3) is 0 Å². The standard InChI is InChI=1S/C15H9Br2NO3/c16-10-6-5-9-14(13(10)17)18(7-12(19)20)11-4-2-1-3-8(11)15(9)21/h1-6H,7H2,(H,19,20). The number of carboxylic acid groups (broad SMARTS) is 1. The lowest BCUT2D eigenvalue weighted by Gasteiger charge is -2.15. The molecule has 1 aromatic heterocycles. The third-order valence-electron chi connectivity index (χ3n) is 3.32. The van der Waals surface area contributed by atoms with Crippen molar-refractivity contribution in [1.82, 2.24) is 4.57 Å². The molecule has 0 aliphatic heterocycles. The summed E-state index contributed by atoms with van der Waals surface area (Å²) in [6, 6.07) is 10.5. The van der Waals surface area contributed by atoms with Gasteiger partial charge in [-0.25, -0.2) is 0 Å². The van der Waals surface area contributed by atoms with Gasteiger partial charge in [-0.05, 0) is 56.1 Å². The molecular formula is C15H9Br2NO3. The highest BCUT2D eigenvalue weighted by atomic mass is 79.9. The Balaban J connectivity index is 2.63. The van der Waals surface area contributed by atoms with Crippen molar-refractivity contribution in [1.29, 1.82) is 0 Å². The van der Waals surface area contributed by atoms with E-state index in [9.17, 15) is 14.7 Å². The van der Waals surface area contributed by atoms with Crippen molar-refractivity contribution >= 4 is 59.6 Å². The predicted octanol–water partition coefficient (Wildman–Crippen LogP) is 3.76. The molecule has 3 aromatic rings. The summed E-state index contributed by atoms with van der Waals surface area (Å²) in [7, 11) is 0. The van der Waals surface area contributed by atoms with E-state index >= 15 is 0 Å². The second-order valence-electron chi connectivity index (χ2n) is 4.58. The van der Waals surface area contributed by atoms with E-state index in [0.717, 1.165) is 4.47 Å². The van der Waals surface area contributed by atoms with Crippen LogP contribution in [0.2, 0.25) is 0 Å². The Morgan fingerprint density at radius 3 is 2.52 bits per heavy atom. The van der Waals surface area contributed by atoms with Gasteiger partial charge in [-0.3, -0.25) is 9.59 Å². The number of fused-ring (bicyclic) bond motifs is 2. The van der Waals surface area contributed by atoms with E-state index in [1.54, 1.807) is 41.0 Å². The molecule has 0 bridgehead atoms. The minimum Gasteiger partial charge on any atom is -0.480 e. The highest BCUT2D eigenvalue weighted by molar-refractivity contribution is 9.13. The van der Waals surface area contributed by atoms with Gasteiger partial charge in [-0.1, -0.05) is 12.1 Å². The number of para-hydroxylation sites is 1. The van der Waals surface area contributed by atoms with Gasteiger partial charge in [0.2, 0.25) is 0 Å². The lowest BCUT2D eigenvalue weighted by Crippen LogP contribution is -2.16. The average molecular weight is 411 g/mol. The van der Waals surface area contributed by atoms with E-state index in [1.165, 1.54) is 0 Å². The van der Waals surface area contributed by atoms with Crippen LogP contribution >= 0.6 is 31.9 Å². The van der Waals surface area contributed by atoms with E-state index in [-0.39, 0.29) is 12.0 Å². The summed E-state index contributed by atoms with van der Waals surface area (Å²) in [5, 5.41) is 10.2. The van der Waals surface area contributed by atoms with Crippen LogP contribution in [-0.2, 0) is 11.3 Å². The van der Waals surface area contributed by atoms with Crippen molar-refractivity contribution in [2.45, 2.75) is 6.54 Å². The highest BCUT2D eigenvalue weighted by Gasteiger charge is 2.16. The van der Waals surface area contributed by atoms with Crippen LogP contribution in [0.15, 0.2) is 50.1 Å². The second kappa shape index (κ2) is 5.27. The zero-order valence-electron chi connectivity index (χ0n) is 10.6. The molecule has 6 heteroatoms. The molecule has 0 aliphatic carbocycles. The van der Waals surface area contributed by atoms with E-state index in [2.05, 4.69) is 31.9 Å². The Morgan fingerprint density at radius 2 is 1.81 bits per heavy atom. The largest absolute Gasteiger partial charge is 0.480 e. The molecule has 21 heavy (non-hydrogen) atoms. The van der Waals surface area contributed by atoms with Gasteiger partial charge in [0, 0.05) is 15.2 Å². The normalized spacial score (nSPS) is 11.1. The number of halogens is 2. The summed E-state index contributed by atoms with van der Waals surface area (Å²) in [6.45, 7) is -0.216. The fraction of sp³-hybridized carbons (Fsp3) is 0.0667. The van der Waals surface area contributed by atoms with Crippen molar-refractivity contribution in [3.8, 4) is 0 Å². The van der Waals surface area contributed by atoms with Crippen LogP contribution in [0.4, 0.5) is 0 Å². The Morgan fingerprint density at radius 1 is 1.10 bits per heavy atom. The molecule has 3 rings (SSSR count). The Kier molecular flexibility index (Phi) is 3.59. The molecule has 2 aromatic carbocycles. The van der Waals surface area contributed by atoms with Crippen LogP contribution < -0.4 is 5.43 Å². The van der Waals surface area contributed by atoms with Crippen molar-refractivity contribution in [2.75, 3.05) is 0 Å². The number of aromatic nitrogens is 1. The Labute approximate surface area is 136 Å². The van der Waals surface area contributed by atoms with Crippen molar-refractivity contribution in [3.63, 3.8) is 0 Å². The predicted molar refractivity (Wildman–Crippen MR) is 88.7 cm³/mol. The summed E-state index contributed by atoms with van der Waals surface area (Å²) >= 11 is 6.84. The van der Waals surface area contributed by atoms with Crippen molar-refractivity contribution < 1.29 is 9.90 Å². The molecule has 0 unspecified atom stereocenters. The maximum atomic E-state index is 12.6. The van der Waals surface area contributed by atoms with Gasteiger partial charge in [0.1, 0.15) is 6.54 Å². The van der Waals surface area contributed by atoms with Crippen LogP contribution in [-0.4, -0.2) is 15.6 Å². The number of aliphatic carboxylic acids is 1. The van der Waals surface area contributed by atoms with E-state index in [4.69, 9.17) is 0 Å². The second-order valence-corrected chi connectivity index (χ2v) is 6.23. The topological polar surface area (TPSA) is 59.3 Å². The van der Waals surface area contributed by atoms with Gasteiger partial charge in [0.05, 0.1) is 15.5 Å². The smallest absolute Gasteiger partial charge is 0.323 e. The summed E-state index contributed by atoms with van der Waals surface area (Å²) < 4.78 is 3.08.